The van der Waals surface area contributed by atoms with Crippen LogP contribution >= 0.6 is 0 Å². The molecule has 1 saturated heterocycles. The van der Waals surface area contributed by atoms with E-state index in [9.17, 15) is 14.4 Å². The van der Waals surface area contributed by atoms with Crippen LogP contribution in [-0.4, -0.2) is 29.3 Å². The highest BCUT2D eigenvalue weighted by Gasteiger charge is 2.49. The Labute approximate surface area is 171 Å². The highest BCUT2D eigenvalue weighted by molar-refractivity contribution is 6.10. The SMILES string of the molecule is Cc1ccc([C@]2(C)NC(=O)N(CC(=O)Nc3ccc(C(C)(C)C)cc3)C2=O)cc1. The Hall–Kier alpha value is -3.15. The Balaban J connectivity index is 1.69. The Morgan fingerprint density at radius 3 is 2.17 bits per heavy atom. The van der Waals surface area contributed by atoms with Crippen LogP contribution in [-0.2, 0) is 20.5 Å². The van der Waals surface area contributed by atoms with Crippen LogP contribution in [0.5, 0.6) is 0 Å². The number of carbonyl (C=O) groups excluding carboxylic acids is 3. The van der Waals surface area contributed by atoms with E-state index in [1.165, 1.54) is 0 Å². The van der Waals surface area contributed by atoms with Gasteiger partial charge in [0.15, 0.2) is 0 Å². The van der Waals surface area contributed by atoms with E-state index in [2.05, 4.69) is 31.4 Å². The first-order valence-electron chi connectivity index (χ1n) is 9.62. The molecule has 152 valence electrons. The van der Waals surface area contributed by atoms with Crippen LogP contribution < -0.4 is 10.6 Å². The van der Waals surface area contributed by atoms with Crippen LogP contribution in [0.1, 0.15) is 44.4 Å². The number of nitrogens with one attached hydrogen (secondary N) is 2. The molecule has 1 heterocycles. The van der Waals surface area contributed by atoms with Gasteiger partial charge in [-0.2, -0.15) is 0 Å². The molecule has 0 spiro atoms. The van der Waals surface area contributed by atoms with E-state index in [1.807, 2.05) is 55.5 Å². The molecular formula is C23H27N3O3. The van der Waals surface area contributed by atoms with Crippen molar-refractivity contribution in [1.29, 1.82) is 0 Å². The van der Waals surface area contributed by atoms with Crippen LogP contribution in [0.3, 0.4) is 0 Å². The van der Waals surface area contributed by atoms with Crippen molar-refractivity contribution in [3.63, 3.8) is 0 Å². The van der Waals surface area contributed by atoms with Crippen molar-refractivity contribution >= 4 is 23.5 Å². The monoisotopic (exact) mass is 393 g/mol. The summed E-state index contributed by atoms with van der Waals surface area (Å²) in [7, 11) is 0. The number of aryl methyl sites for hydroxylation is 1. The predicted octanol–water partition coefficient (Wildman–Crippen LogP) is 3.70. The third kappa shape index (κ3) is 4.16. The van der Waals surface area contributed by atoms with Gasteiger partial charge in [-0.3, -0.25) is 14.5 Å². The molecule has 1 atom stereocenters. The van der Waals surface area contributed by atoms with Crippen LogP contribution in [0.2, 0.25) is 0 Å². The van der Waals surface area contributed by atoms with Crippen molar-refractivity contribution in [3.8, 4) is 0 Å². The third-order valence-electron chi connectivity index (χ3n) is 5.24. The van der Waals surface area contributed by atoms with Crippen LogP contribution in [0, 0.1) is 6.92 Å². The van der Waals surface area contributed by atoms with Gasteiger partial charge in [-0.05, 0) is 42.5 Å². The first kappa shape index (κ1) is 20.6. The zero-order valence-corrected chi connectivity index (χ0v) is 17.5. The number of benzene rings is 2. The van der Waals surface area contributed by atoms with E-state index in [0.717, 1.165) is 16.0 Å². The summed E-state index contributed by atoms with van der Waals surface area (Å²) in [5.41, 5.74) is 2.35. The summed E-state index contributed by atoms with van der Waals surface area (Å²) in [6.07, 6.45) is 0. The van der Waals surface area contributed by atoms with Crippen LogP contribution in [0.15, 0.2) is 48.5 Å². The Morgan fingerprint density at radius 2 is 1.62 bits per heavy atom. The number of anilines is 1. The Morgan fingerprint density at radius 1 is 1.03 bits per heavy atom. The number of urea groups is 1. The molecule has 1 aliphatic rings. The first-order valence-corrected chi connectivity index (χ1v) is 9.62. The Kier molecular flexibility index (Phi) is 5.22. The second kappa shape index (κ2) is 7.35. The lowest BCUT2D eigenvalue weighted by Gasteiger charge is -2.22. The number of nitrogens with zero attached hydrogens (tertiary/aromatic N) is 1. The lowest BCUT2D eigenvalue weighted by Crippen LogP contribution is -2.42. The molecular weight excluding hydrogens is 366 g/mol. The average molecular weight is 393 g/mol. The first-order chi connectivity index (χ1) is 13.5. The summed E-state index contributed by atoms with van der Waals surface area (Å²) in [5.74, 6) is -0.866. The van der Waals surface area contributed by atoms with Gasteiger partial charge in [-0.25, -0.2) is 4.79 Å². The maximum atomic E-state index is 12.9. The van der Waals surface area contributed by atoms with Crippen LogP contribution in [0.25, 0.3) is 0 Å². The fourth-order valence-corrected chi connectivity index (χ4v) is 3.32. The summed E-state index contributed by atoms with van der Waals surface area (Å²) in [6.45, 7) is 9.61. The molecule has 2 N–H and O–H groups in total. The van der Waals surface area contributed by atoms with E-state index >= 15 is 0 Å². The van der Waals surface area contributed by atoms with E-state index in [1.54, 1.807) is 6.92 Å². The fourth-order valence-electron chi connectivity index (χ4n) is 3.32. The number of hydrogen-bond donors (Lipinski definition) is 2. The highest BCUT2D eigenvalue weighted by Crippen LogP contribution is 2.29. The molecule has 0 aromatic heterocycles. The standard InChI is InChI=1S/C23H27N3O3/c1-15-6-8-17(9-7-15)23(5)20(28)26(21(29)25-23)14-19(27)24-18-12-10-16(11-13-18)22(2,3)4/h6-13H,14H2,1-5H3,(H,24,27)(H,25,29)/t23-/m0/s1. The summed E-state index contributed by atoms with van der Waals surface area (Å²) in [5, 5.41) is 5.47. The summed E-state index contributed by atoms with van der Waals surface area (Å²) in [4.78, 5) is 38.7. The fraction of sp³-hybridized carbons (Fsp3) is 0.348. The minimum atomic E-state index is -1.18. The second-order valence-corrected chi connectivity index (χ2v) is 8.69. The number of hydrogen-bond acceptors (Lipinski definition) is 3. The molecule has 6 nitrogen and oxygen atoms in total. The topological polar surface area (TPSA) is 78.5 Å². The minimum absolute atomic E-state index is 0.0169. The molecule has 0 unspecified atom stereocenters. The van der Waals surface area contributed by atoms with Crippen molar-refractivity contribution in [1.82, 2.24) is 10.2 Å². The smallest absolute Gasteiger partial charge is 0.325 e. The van der Waals surface area contributed by atoms with Gasteiger partial charge in [-0.1, -0.05) is 62.7 Å². The summed E-state index contributed by atoms with van der Waals surface area (Å²) in [6, 6.07) is 14.4. The molecule has 0 saturated carbocycles. The van der Waals surface area contributed by atoms with Crippen molar-refractivity contribution in [3.05, 3.63) is 65.2 Å². The molecule has 0 bridgehead atoms. The molecule has 6 heteroatoms. The van der Waals surface area contributed by atoms with Gasteiger partial charge in [0.25, 0.3) is 5.91 Å². The van der Waals surface area contributed by atoms with Crippen molar-refractivity contribution in [2.45, 2.75) is 45.6 Å². The highest BCUT2D eigenvalue weighted by atomic mass is 16.2. The van der Waals surface area contributed by atoms with Gasteiger partial charge in [0.05, 0.1) is 0 Å². The lowest BCUT2D eigenvalue weighted by molar-refractivity contribution is -0.133. The number of rotatable bonds is 4. The predicted molar refractivity (Wildman–Crippen MR) is 113 cm³/mol. The van der Waals surface area contributed by atoms with Gasteiger partial charge in [-0.15, -0.1) is 0 Å². The van der Waals surface area contributed by atoms with Gasteiger partial charge < -0.3 is 10.6 Å². The number of amides is 4. The van der Waals surface area contributed by atoms with Crippen molar-refractivity contribution in [2.75, 3.05) is 11.9 Å². The summed E-state index contributed by atoms with van der Waals surface area (Å²) >= 11 is 0. The maximum Gasteiger partial charge on any atom is 0.325 e. The number of imide groups is 1. The summed E-state index contributed by atoms with van der Waals surface area (Å²) < 4.78 is 0. The van der Waals surface area contributed by atoms with E-state index in [4.69, 9.17) is 0 Å². The van der Waals surface area contributed by atoms with Gasteiger partial charge >= 0.3 is 6.03 Å². The Bertz CT molecular complexity index is 943. The molecule has 0 radical (unpaired) electrons. The minimum Gasteiger partial charge on any atom is -0.325 e. The zero-order valence-electron chi connectivity index (χ0n) is 17.5. The largest absolute Gasteiger partial charge is 0.325 e. The lowest BCUT2D eigenvalue weighted by atomic mass is 9.87. The molecule has 29 heavy (non-hydrogen) atoms. The molecule has 2 aromatic carbocycles. The molecule has 4 amide bonds. The molecule has 1 fully saturated rings. The molecule has 1 aliphatic heterocycles. The van der Waals surface area contributed by atoms with Gasteiger partial charge in [0.2, 0.25) is 5.91 Å². The molecule has 3 rings (SSSR count). The second-order valence-electron chi connectivity index (χ2n) is 8.69. The van der Waals surface area contributed by atoms with E-state index in [-0.39, 0.29) is 12.0 Å². The van der Waals surface area contributed by atoms with Gasteiger partial charge in [0, 0.05) is 5.69 Å². The normalized spacial score (nSPS) is 19.3. The zero-order chi connectivity index (χ0) is 21.4. The molecule has 2 aromatic rings. The maximum absolute atomic E-state index is 12.9. The quantitative estimate of drug-likeness (QED) is 0.778. The number of carbonyl (C=O) groups is 3. The van der Waals surface area contributed by atoms with Crippen molar-refractivity contribution in [2.24, 2.45) is 0 Å². The van der Waals surface area contributed by atoms with Crippen LogP contribution in [0.4, 0.5) is 10.5 Å². The van der Waals surface area contributed by atoms with Gasteiger partial charge in [0.1, 0.15) is 12.1 Å². The average Bonchev–Trinajstić information content (AvgIpc) is 2.86. The van der Waals surface area contributed by atoms with E-state index < -0.39 is 23.4 Å². The third-order valence-corrected chi connectivity index (χ3v) is 5.24. The molecule has 0 aliphatic carbocycles. The van der Waals surface area contributed by atoms with Crippen molar-refractivity contribution < 1.29 is 14.4 Å². The van der Waals surface area contributed by atoms with E-state index in [0.29, 0.717) is 11.3 Å².